The quantitative estimate of drug-likeness (QED) is 0.546. The molecule has 2 atom stereocenters. The molecule has 1 aromatic heterocycles. The van der Waals surface area contributed by atoms with Gasteiger partial charge < -0.3 is 9.30 Å². The van der Waals surface area contributed by atoms with Gasteiger partial charge in [0, 0.05) is 56.7 Å². The number of sulfonamides is 1. The van der Waals surface area contributed by atoms with Crippen LogP contribution in [0.1, 0.15) is 12.0 Å². The highest BCUT2D eigenvalue weighted by molar-refractivity contribution is 7.89. The Kier molecular flexibility index (Phi) is 5.86. The van der Waals surface area contributed by atoms with Crippen LogP contribution in [0.2, 0.25) is 0 Å². The Hall–Kier alpha value is -2.89. The average Bonchev–Trinajstić information content (AvgIpc) is 3.48. The fraction of sp³-hybridized carbons (Fsp3) is 0.348. The number of halogens is 3. The molecule has 0 amide bonds. The molecule has 2 aliphatic rings. The van der Waals surface area contributed by atoms with E-state index < -0.39 is 21.8 Å². The molecule has 34 heavy (non-hydrogen) atoms. The van der Waals surface area contributed by atoms with Crippen LogP contribution in [0.25, 0.3) is 5.69 Å². The topological polar surface area (TPSA) is 67.7 Å². The molecule has 0 spiro atoms. The maximum Gasteiger partial charge on any atom is 0.416 e. The smallest absolute Gasteiger partial charge is 0.416 e. The van der Waals surface area contributed by atoms with Crippen LogP contribution in [-0.4, -0.2) is 65.5 Å². The van der Waals surface area contributed by atoms with Crippen LogP contribution in [0.4, 0.5) is 13.2 Å². The highest BCUT2D eigenvalue weighted by Crippen LogP contribution is 2.33. The molecule has 3 heterocycles. The maximum absolute atomic E-state index is 13.1. The highest BCUT2D eigenvalue weighted by atomic mass is 32.2. The molecule has 2 aromatic carbocycles. The minimum absolute atomic E-state index is 0.0513. The first-order valence-electron chi connectivity index (χ1n) is 10.9. The zero-order chi connectivity index (χ0) is 23.9. The zero-order valence-corrected chi connectivity index (χ0v) is 18.9. The number of rotatable bonds is 5. The van der Waals surface area contributed by atoms with Crippen molar-refractivity contribution in [1.29, 1.82) is 0 Å². The summed E-state index contributed by atoms with van der Waals surface area (Å²) < 4.78 is 74.6. The molecule has 0 radical (unpaired) electrons. The van der Waals surface area contributed by atoms with Gasteiger partial charge >= 0.3 is 6.18 Å². The van der Waals surface area contributed by atoms with E-state index in [4.69, 9.17) is 4.74 Å². The predicted octanol–water partition coefficient (Wildman–Crippen LogP) is 3.42. The minimum atomic E-state index is -4.60. The van der Waals surface area contributed by atoms with Crippen LogP contribution in [-0.2, 0) is 16.2 Å². The summed E-state index contributed by atoms with van der Waals surface area (Å²) in [5.74, 6) is 0.724. The number of alkyl halides is 3. The highest BCUT2D eigenvalue weighted by Gasteiger charge is 2.41. The van der Waals surface area contributed by atoms with Crippen LogP contribution in [0.5, 0.6) is 5.75 Å². The van der Waals surface area contributed by atoms with Gasteiger partial charge in [-0.25, -0.2) is 13.4 Å². The zero-order valence-electron chi connectivity index (χ0n) is 18.1. The first kappa shape index (κ1) is 22.9. The standard InChI is InChI=1S/C23H23F3N4O3S/c24-23(25,26)17-2-1-3-22(12-17)34(31,32)30-11-10-28-15-21(13-19(28)14-30)33-20-6-4-18(5-7-20)29-9-8-27-16-29/h1-9,12,16,19,21H,10-11,13-15H2/t19-,21-/m0/s1. The lowest BCUT2D eigenvalue weighted by Crippen LogP contribution is -2.51. The summed E-state index contributed by atoms with van der Waals surface area (Å²) in [6.07, 6.45) is 1.21. The fourth-order valence-corrected chi connectivity index (χ4v) is 6.07. The lowest BCUT2D eigenvalue weighted by molar-refractivity contribution is -0.137. The number of ether oxygens (including phenoxy) is 1. The molecule has 11 heteroatoms. The Balaban J connectivity index is 1.24. The van der Waals surface area contributed by atoms with Gasteiger partial charge in [-0.1, -0.05) is 6.07 Å². The van der Waals surface area contributed by atoms with Gasteiger partial charge in [0.1, 0.15) is 11.9 Å². The molecule has 5 rings (SSSR count). The van der Waals surface area contributed by atoms with Crippen LogP contribution < -0.4 is 4.74 Å². The third kappa shape index (κ3) is 4.55. The van der Waals surface area contributed by atoms with E-state index in [2.05, 4.69) is 9.88 Å². The normalized spacial score (nSPS) is 22.0. The van der Waals surface area contributed by atoms with Crippen molar-refractivity contribution >= 4 is 10.0 Å². The second kappa shape index (κ2) is 8.71. The lowest BCUT2D eigenvalue weighted by atomic mass is 10.1. The summed E-state index contributed by atoms with van der Waals surface area (Å²) in [6.45, 7) is 1.62. The first-order chi connectivity index (χ1) is 16.2. The van der Waals surface area contributed by atoms with Gasteiger partial charge in [0.2, 0.25) is 10.0 Å². The summed E-state index contributed by atoms with van der Waals surface area (Å²) in [5.41, 5.74) is -0.00951. The second-order valence-corrected chi connectivity index (χ2v) is 10.4. The van der Waals surface area contributed by atoms with E-state index in [1.807, 2.05) is 35.0 Å². The van der Waals surface area contributed by atoms with Crippen molar-refractivity contribution in [2.24, 2.45) is 0 Å². The van der Waals surface area contributed by atoms with Crippen LogP contribution >= 0.6 is 0 Å². The van der Waals surface area contributed by atoms with E-state index in [1.54, 1.807) is 12.5 Å². The van der Waals surface area contributed by atoms with Crippen molar-refractivity contribution < 1.29 is 26.3 Å². The van der Waals surface area contributed by atoms with E-state index in [9.17, 15) is 21.6 Å². The van der Waals surface area contributed by atoms with Crippen LogP contribution in [0.15, 0.2) is 72.1 Å². The molecular formula is C23H23F3N4O3S. The average molecular weight is 493 g/mol. The number of piperazine rings is 1. The SMILES string of the molecule is O=S(=O)(c1cccc(C(F)(F)F)c1)N1CCN2C[C@@H](Oc3ccc(-n4ccnc4)cc3)C[C@H]2C1. The van der Waals surface area contributed by atoms with E-state index in [0.29, 0.717) is 25.6 Å². The Labute approximate surface area is 195 Å². The maximum atomic E-state index is 13.1. The molecule has 0 unspecified atom stereocenters. The van der Waals surface area contributed by atoms with Crippen LogP contribution in [0, 0.1) is 0 Å². The van der Waals surface area contributed by atoms with Gasteiger partial charge in [-0.3, -0.25) is 4.90 Å². The summed E-state index contributed by atoms with van der Waals surface area (Å²) in [7, 11) is -4.03. The predicted molar refractivity (Wildman–Crippen MR) is 118 cm³/mol. The summed E-state index contributed by atoms with van der Waals surface area (Å²) in [5, 5.41) is 0. The summed E-state index contributed by atoms with van der Waals surface area (Å²) in [4.78, 5) is 5.88. The second-order valence-electron chi connectivity index (χ2n) is 8.48. The van der Waals surface area contributed by atoms with E-state index in [1.165, 1.54) is 10.4 Å². The van der Waals surface area contributed by atoms with Gasteiger partial charge in [-0.05, 0) is 42.5 Å². The van der Waals surface area contributed by atoms with Gasteiger partial charge in [0.05, 0.1) is 16.8 Å². The van der Waals surface area contributed by atoms with E-state index in [0.717, 1.165) is 23.6 Å². The van der Waals surface area contributed by atoms with E-state index >= 15 is 0 Å². The number of benzene rings is 2. The molecule has 0 saturated carbocycles. The first-order valence-corrected chi connectivity index (χ1v) is 12.3. The molecule has 180 valence electrons. The number of fused-ring (bicyclic) bond motifs is 1. The van der Waals surface area contributed by atoms with Crippen molar-refractivity contribution in [2.75, 3.05) is 26.2 Å². The largest absolute Gasteiger partial charge is 0.489 e. The molecule has 0 bridgehead atoms. The molecule has 2 saturated heterocycles. The number of nitrogens with zero attached hydrogens (tertiary/aromatic N) is 4. The summed E-state index contributed by atoms with van der Waals surface area (Å²) >= 11 is 0. The van der Waals surface area contributed by atoms with Crippen molar-refractivity contribution in [3.05, 3.63) is 72.8 Å². The van der Waals surface area contributed by atoms with Gasteiger partial charge in [-0.15, -0.1) is 0 Å². The lowest BCUT2D eigenvalue weighted by Gasteiger charge is -2.36. The van der Waals surface area contributed by atoms with Crippen molar-refractivity contribution in [1.82, 2.24) is 18.8 Å². The molecule has 3 aromatic rings. The van der Waals surface area contributed by atoms with Crippen molar-refractivity contribution in [3.63, 3.8) is 0 Å². The number of hydrogen-bond donors (Lipinski definition) is 0. The van der Waals surface area contributed by atoms with Gasteiger partial charge in [0.25, 0.3) is 0 Å². The van der Waals surface area contributed by atoms with E-state index in [-0.39, 0.29) is 30.1 Å². The van der Waals surface area contributed by atoms with Gasteiger partial charge in [0.15, 0.2) is 0 Å². The number of hydrogen-bond acceptors (Lipinski definition) is 5. The fourth-order valence-electron chi connectivity index (χ4n) is 4.55. The van der Waals surface area contributed by atoms with Gasteiger partial charge in [-0.2, -0.15) is 17.5 Å². The Morgan fingerprint density at radius 3 is 2.53 bits per heavy atom. The molecule has 0 aliphatic carbocycles. The Bertz CT molecular complexity index is 1250. The third-order valence-electron chi connectivity index (χ3n) is 6.28. The molecule has 0 N–H and O–H groups in total. The molecule has 7 nitrogen and oxygen atoms in total. The Morgan fingerprint density at radius 2 is 1.82 bits per heavy atom. The molecular weight excluding hydrogens is 469 g/mol. The Morgan fingerprint density at radius 1 is 1.03 bits per heavy atom. The molecule has 2 aliphatic heterocycles. The number of aromatic nitrogens is 2. The monoisotopic (exact) mass is 492 g/mol. The third-order valence-corrected chi connectivity index (χ3v) is 8.14. The molecule has 2 fully saturated rings. The van der Waals surface area contributed by atoms with Crippen molar-refractivity contribution in [3.8, 4) is 11.4 Å². The minimum Gasteiger partial charge on any atom is -0.489 e. The number of imidazole rings is 1. The van der Waals surface area contributed by atoms with Crippen LogP contribution in [0.3, 0.4) is 0 Å². The summed E-state index contributed by atoms with van der Waals surface area (Å²) in [6, 6.07) is 11.5. The van der Waals surface area contributed by atoms with Crippen molar-refractivity contribution in [2.45, 2.75) is 29.6 Å².